The molecule has 2 rings (SSSR count). The van der Waals surface area contributed by atoms with Crippen molar-refractivity contribution in [2.75, 3.05) is 39.0 Å². The molecule has 1 aliphatic heterocycles. The lowest BCUT2D eigenvalue weighted by Crippen LogP contribution is -2.49. The van der Waals surface area contributed by atoms with Crippen molar-refractivity contribution in [1.29, 1.82) is 0 Å². The summed E-state index contributed by atoms with van der Waals surface area (Å²) in [6.45, 7) is 9.77. The van der Waals surface area contributed by atoms with Crippen LogP contribution < -0.4 is 0 Å². The molecule has 0 spiro atoms. The van der Waals surface area contributed by atoms with Crippen LogP contribution in [0.2, 0.25) is 0 Å². The molecule has 0 radical (unpaired) electrons. The summed E-state index contributed by atoms with van der Waals surface area (Å²) in [5.41, 5.74) is 0.371. The molecule has 0 saturated carbocycles. The molecule has 0 bridgehead atoms. The third kappa shape index (κ3) is 8.67. The third-order valence-electron chi connectivity index (χ3n) is 4.27. The smallest absolute Gasteiger partial charge is 0.321 e. The molecule has 1 fully saturated rings. The average Bonchev–Trinajstić information content (AvgIpc) is 2.99. The van der Waals surface area contributed by atoms with E-state index in [1.54, 1.807) is 32.1 Å². The molecule has 166 valence electrons. The topological polar surface area (TPSA) is 89.0 Å². The number of carbonyl (C=O) groups is 1. The first-order valence-corrected chi connectivity index (χ1v) is 12.6. The van der Waals surface area contributed by atoms with Gasteiger partial charge in [-0.2, -0.15) is 4.31 Å². The molecule has 1 aromatic heterocycles. The second-order valence-electron chi connectivity index (χ2n) is 8.35. The Bertz CT molecular complexity index is 773. The fourth-order valence-corrected chi connectivity index (χ4v) is 4.74. The van der Waals surface area contributed by atoms with Crippen LogP contribution in [-0.4, -0.2) is 79.3 Å². The van der Waals surface area contributed by atoms with Crippen LogP contribution in [0.3, 0.4) is 0 Å². The Balaban J connectivity index is 1.95. The number of hydrogen-bond donors (Lipinski definition) is 0. The van der Waals surface area contributed by atoms with Crippen LogP contribution in [0.5, 0.6) is 0 Å². The number of ether oxygens (including phenoxy) is 2. The lowest BCUT2D eigenvalue weighted by molar-refractivity contribution is -0.155. The van der Waals surface area contributed by atoms with E-state index in [4.69, 9.17) is 9.47 Å². The second kappa shape index (κ2) is 10.3. The van der Waals surface area contributed by atoms with Gasteiger partial charge in [0.05, 0.1) is 29.7 Å². The number of carbonyl (C=O) groups excluding carboxylic acids is 1. The van der Waals surface area contributed by atoms with E-state index >= 15 is 0 Å². The number of aryl methyl sites for hydroxylation is 1. The van der Waals surface area contributed by atoms with E-state index in [9.17, 15) is 13.2 Å². The van der Waals surface area contributed by atoms with Crippen LogP contribution in [0, 0.1) is 0 Å². The summed E-state index contributed by atoms with van der Waals surface area (Å²) in [5.74, 6) is -0.568. The number of rotatable bonds is 9. The van der Waals surface area contributed by atoms with Crippen molar-refractivity contribution >= 4 is 27.3 Å². The first-order chi connectivity index (χ1) is 13.5. The van der Waals surface area contributed by atoms with E-state index in [-0.39, 0.29) is 19.2 Å². The number of nitrogens with zero attached hydrogens (tertiary/aromatic N) is 3. The van der Waals surface area contributed by atoms with E-state index in [0.717, 1.165) is 40.6 Å². The lowest BCUT2D eigenvalue weighted by Gasteiger charge is -2.34. The van der Waals surface area contributed by atoms with Crippen molar-refractivity contribution in [3.05, 3.63) is 16.1 Å². The van der Waals surface area contributed by atoms with E-state index in [1.165, 1.54) is 0 Å². The fourth-order valence-electron chi connectivity index (χ4n) is 3.08. The monoisotopic (exact) mass is 447 g/mol. The Hall–Kier alpha value is -1.07. The normalized spacial score (nSPS) is 18.9. The molecule has 1 atom stereocenters. The SMILES string of the molecule is CCCc1nc(CN2CCOC(CN(CC(=O)OC(C)(C)C)S(C)(=O)=O)C2)cs1. The highest BCUT2D eigenvalue weighted by molar-refractivity contribution is 7.88. The number of esters is 1. The van der Waals surface area contributed by atoms with E-state index in [1.807, 2.05) is 0 Å². The zero-order chi connectivity index (χ0) is 21.7. The number of thiazole rings is 1. The van der Waals surface area contributed by atoms with Gasteiger partial charge in [0.15, 0.2) is 0 Å². The highest BCUT2D eigenvalue weighted by Crippen LogP contribution is 2.17. The van der Waals surface area contributed by atoms with Crippen molar-refractivity contribution in [1.82, 2.24) is 14.2 Å². The number of morpholine rings is 1. The maximum atomic E-state index is 12.2. The Morgan fingerprint density at radius 3 is 2.79 bits per heavy atom. The van der Waals surface area contributed by atoms with Crippen molar-refractivity contribution < 1.29 is 22.7 Å². The summed E-state index contributed by atoms with van der Waals surface area (Å²) in [5, 5.41) is 3.23. The number of hydrogen-bond acceptors (Lipinski definition) is 8. The number of sulfonamides is 1. The van der Waals surface area contributed by atoms with Gasteiger partial charge in [0, 0.05) is 31.6 Å². The first-order valence-electron chi connectivity index (χ1n) is 9.90. The molecule has 0 N–H and O–H groups in total. The van der Waals surface area contributed by atoms with Crippen LogP contribution in [0.4, 0.5) is 0 Å². The summed E-state index contributed by atoms with van der Waals surface area (Å²) in [6.07, 6.45) is 2.85. The zero-order valence-electron chi connectivity index (χ0n) is 18.0. The Morgan fingerprint density at radius 2 is 2.17 bits per heavy atom. The molecule has 1 unspecified atom stereocenters. The second-order valence-corrected chi connectivity index (χ2v) is 11.3. The fraction of sp³-hybridized carbons (Fsp3) is 0.789. The van der Waals surface area contributed by atoms with Gasteiger partial charge in [0.2, 0.25) is 10.0 Å². The van der Waals surface area contributed by atoms with Gasteiger partial charge in [-0.1, -0.05) is 6.92 Å². The molecule has 0 aromatic carbocycles. The summed E-state index contributed by atoms with van der Waals surface area (Å²) in [4.78, 5) is 19.0. The molecular weight excluding hydrogens is 414 g/mol. The van der Waals surface area contributed by atoms with Gasteiger partial charge >= 0.3 is 5.97 Å². The van der Waals surface area contributed by atoms with Gasteiger partial charge in [-0.05, 0) is 33.6 Å². The largest absolute Gasteiger partial charge is 0.459 e. The summed E-state index contributed by atoms with van der Waals surface area (Å²) in [6, 6.07) is 0. The molecular formula is C19H33N3O5S2. The maximum absolute atomic E-state index is 12.2. The standard InChI is InChI=1S/C19H33N3O5S2/c1-6-7-17-20-15(14-28-17)10-21-8-9-26-16(11-21)12-22(29(5,24)25)13-18(23)27-19(2,3)4/h14,16H,6-13H2,1-5H3. The highest BCUT2D eigenvalue weighted by Gasteiger charge is 2.30. The maximum Gasteiger partial charge on any atom is 0.321 e. The van der Waals surface area contributed by atoms with Crippen LogP contribution >= 0.6 is 11.3 Å². The van der Waals surface area contributed by atoms with Crippen LogP contribution in [-0.2, 0) is 37.3 Å². The first kappa shape index (κ1) is 24.2. The van der Waals surface area contributed by atoms with Gasteiger partial charge in [0.1, 0.15) is 12.1 Å². The van der Waals surface area contributed by atoms with Gasteiger partial charge in [0.25, 0.3) is 0 Å². The number of aromatic nitrogens is 1. The van der Waals surface area contributed by atoms with Crippen LogP contribution in [0.25, 0.3) is 0 Å². The van der Waals surface area contributed by atoms with Gasteiger partial charge < -0.3 is 9.47 Å². The summed E-state index contributed by atoms with van der Waals surface area (Å²) in [7, 11) is -3.57. The predicted molar refractivity (Wildman–Crippen MR) is 113 cm³/mol. The summed E-state index contributed by atoms with van der Waals surface area (Å²) >= 11 is 1.68. The molecule has 0 aliphatic carbocycles. The van der Waals surface area contributed by atoms with Crippen LogP contribution in [0.1, 0.15) is 44.8 Å². The van der Waals surface area contributed by atoms with E-state index in [0.29, 0.717) is 19.7 Å². The Kier molecular flexibility index (Phi) is 8.59. The molecule has 2 heterocycles. The minimum atomic E-state index is -3.57. The van der Waals surface area contributed by atoms with Crippen molar-refractivity contribution in [3.63, 3.8) is 0 Å². The predicted octanol–water partition coefficient (Wildman–Crippen LogP) is 1.90. The molecule has 1 aromatic rings. The van der Waals surface area contributed by atoms with E-state index in [2.05, 4.69) is 22.2 Å². The average molecular weight is 448 g/mol. The molecule has 10 heteroatoms. The lowest BCUT2D eigenvalue weighted by atomic mass is 10.2. The van der Waals surface area contributed by atoms with E-state index < -0.39 is 21.6 Å². The molecule has 1 saturated heterocycles. The minimum absolute atomic E-state index is 0.118. The molecule has 29 heavy (non-hydrogen) atoms. The Morgan fingerprint density at radius 1 is 1.45 bits per heavy atom. The van der Waals surface area contributed by atoms with Gasteiger partial charge in [-0.25, -0.2) is 13.4 Å². The summed E-state index contributed by atoms with van der Waals surface area (Å²) < 4.78 is 36.6. The van der Waals surface area contributed by atoms with Crippen LogP contribution in [0.15, 0.2) is 5.38 Å². The minimum Gasteiger partial charge on any atom is -0.459 e. The molecule has 8 nitrogen and oxygen atoms in total. The highest BCUT2D eigenvalue weighted by atomic mass is 32.2. The van der Waals surface area contributed by atoms with Gasteiger partial charge in [-0.3, -0.25) is 9.69 Å². The van der Waals surface area contributed by atoms with Crippen molar-refractivity contribution in [2.45, 2.75) is 58.8 Å². The molecule has 1 aliphatic rings. The van der Waals surface area contributed by atoms with Gasteiger partial charge in [-0.15, -0.1) is 11.3 Å². The van der Waals surface area contributed by atoms with Crippen molar-refractivity contribution in [2.24, 2.45) is 0 Å². The van der Waals surface area contributed by atoms with Crippen molar-refractivity contribution in [3.8, 4) is 0 Å². The Labute approximate surface area is 178 Å². The quantitative estimate of drug-likeness (QED) is 0.534. The third-order valence-corrected chi connectivity index (χ3v) is 6.45. The molecule has 0 amide bonds. The zero-order valence-corrected chi connectivity index (χ0v) is 19.6.